The Kier molecular flexibility index (Phi) is 6.24. The average Bonchev–Trinajstić information content (AvgIpc) is 2.19. The minimum atomic E-state index is 0.651. The summed E-state index contributed by atoms with van der Waals surface area (Å²) in [6.07, 6.45) is 2.00. The maximum absolute atomic E-state index is 5.49. The van der Waals surface area contributed by atoms with Gasteiger partial charge in [0.25, 0.3) is 0 Å². The van der Waals surface area contributed by atoms with Crippen LogP contribution in [0.4, 0.5) is 0 Å². The van der Waals surface area contributed by atoms with Crippen LogP contribution in [0.15, 0.2) is 0 Å². The molecule has 0 radical (unpaired) electrons. The van der Waals surface area contributed by atoms with Crippen LogP contribution in [0.25, 0.3) is 0 Å². The maximum atomic E-state index is 5.49. The molecule has 1 fully saturated rings. The summed E-state index contributed by atoms with van der Waals surface area (Å²) in [5.41, 5.74) is 5.49. The molecule has 1 aliphatic rings. The molecule has 1 aliphatic heterocycles. The van der Waals surface area contributed by atoms with Gasteiger partial charge in [-0.1, -0.05) is 26.1 Å². The molecule has 2 N–H and O–H groups in total. The number of rotatable bonds is 6. The fraction of sp³-hybridized carbons (Fsp3) is 0.917. The first-order valence-electron chi connectivity index (χ1n) is 6.31. The van der Waals surface area contributed by atoms with Gasteiger partial charge in [-0.3, -0.25) is 0 Å². The fourth-order valence-electron chi connectivity index (χ4n) is 2.19. The topological polar surface area (TPSA) is 32.5 Å². The van der Waals surface area contributed by atoms with E-state index >= 15 is 0 Å². The Morgan fingerprint density at radius 2 is 1.75 bits per heavy atom. The van der Waals surface area contributed by atoms with Crippen molar-refractivity contribution < 1.29 is 0 Å². The number of thiocarbonyl (C=S) groups is 1. The highest BCUT2D eigenvalue weighted by Crippen LogP contribution is 2.06. The van der Waals surface area contributed by atoms with Crippen molar-refractivity contribution >= 4 is 17.2 Å². The molecule has 94 valence electrons. The molecule has 0 atom stereocenters. The Hall–Kier alpha value is -0.190. The second kappa shape index (κ2) is 7.20. The van der Waals surface area contributed by atoms with E-state index in [0.29, 0.717) is 4.99 Å². The van der Waals surface area contributed by atoms with Crippen molar-refractivity contribution in [1.29, 1.82) is 0 Å². The monoisotopic (exact) mass is 243 g/mol. The lowest BCUT2D eigenvalue weighted by Gasteiger charge is -2.35. The Morgan fingerprint density at radius 3 is 2.25 bits per heavy atom. The van der Waals surface area contributed by atoms with Crippen molar-refractivity contribution in [3.05, 3.63) is 0 Å². The van der Waals surface area contributed by atoms with Crippen LogP contribution in [0, 0.1) is 5.92 Å². The lowest BCUT2D eigenvalue weighted by Crippen LogP contribution is -2.47. The summed E-state index contributed by atoms with van der Waals surface area (Å²) in [6.45, 7) is 11.8. The van der Waals surface area contributed by atoms with E-state index in [9.17, 15) is 0 Å². The third kappa shape index (κ3) is 5.77. The van der Waals surface area contributed by atoms with Crippen molar-refractivity contribution in [1.82, 2.24) is 9.80 Å². The summed E-state index contributed by atoms with van der Waals surface area (Å²) in [5, 5.41) is 0. The first-order chi connectivity index (χ1) is 7.58. The van der Waals surface area contributed by atoms with Crippen molar-refractivity contribution in [3.8, 4) is 0 Å². The molecule has 0 aromatic rings. The molecule has 1 rings (SSSR count). The van der Waals surface area contributed by atoms with Crippen molar-refractivity contribution in [3.63, 3.8) is 0 Å². The molecule has 3 nitrogen and oxygen atoms in total. The van der Waals surface area contributed by atoms with Crippen LogP contribution in [-0.2, 0) is 0 Å². The lowest BCUT2D eigenvalue weighted by atomic mass is 10.2. The van der Waals surface area contributed by atoms with Gasteiger partial charge in [-0.2, -0.15) is 0 Å². The van der Waals surface area contributed by atoms with Gasteiger partial charge in [-0.15, -0.1) is 0 Å². The zero-order chi connectivity index (χ0) is 12.0. The number of hydrogen-bond donors (Lipinski definition) is 1. The van der Waals surface area contributed by atoms with Gasteiger partial charge < -0.3 is 15.5 Å². The van der Waals surface area contributed by atoms with Crippen molar-refractivity contribution in [2.75, 3.05) is 39.3 Å². The molecule has 0 aromatic heterocycles. The molecule has 0 aromatic carbocycles. The van der Waals surface area contributed by atoms with Gasteiger partial charge in [0, 0.05) is 32.7 Å². The predicted octanol–water partition coefficient (Wildman–Crippen LogP) is 1.33. The maximum Gasteiger partial charge on any atom is 0.0727 e. The molecule has 0 amide bonds. The highest BCUT2D eigenvalue weighted by molar-refractivity contribution is 7.80. The fourth-order valence-corrected chi connectivity index (χ4v) is 2.33. The molecule has 1 heterocycles. The van der Waals surface area contributed by atoms with E-state index in [1.165, 1.54) is 32.7 Å². The number of nitrogens with zero attached hydrogens (tertiary/aromatic N) is 2. The van der Waals surface area contributed by atoms with Crippen LogP contribution in [0.3, 0.4) is 0 Å². The smallest absolute Gasteiger partial charge is 0.0727 e. The van der Waals surface area contributed by atoms with E-state index in [0.717, 1.165) is 25.3 Å². The zero-order valence-corrected chi connectivity index (χ0v) is 11.4. The molecule has 1 saturated heterocycles. The molecule has 0 unspecified atom stereocenters. The summed E-state index contributed by atoms with van der Waals surface area (Å²) >= 11 is 4.88. The number of hydrogen-bond acceptors (Lipinski definition) is 3. The Balaban J connectivity index is 2.09. The Labute approximate surface area is 105 Å². The summed E-state index contributed by atoms with van der Waals surface area (Å²) in [6, 6.07) is 0. The molecular formula is C12H25N3S. The van der Waals surface area contributed by atoms with E-state index in [1.807, 2.05) is 0 Å². The van der Waals surface area contributed by atoms with Crippen LogP contribution in [-0.4, -0.2) is 54.1 Å². The van der Waals surface area contributed by atoms with Crippen LogP contribution in [0.2, 0.25) is 0 Å². The highest BCUT2D eigenvalue weighted by Gasteiger charge is 2.16. The summed E-state index contributed by atoms with van der Waals surface area (Å²) in [5.74, 6) is 0.779. The van der Waals surface area contributed by atoms with Crippen LogP contribution in [0.1, 0.15) is 26.7 Å². The summed E-state index contributed by atoms with van der Waals surface area (Å²) in [7, 11) is 0. The third-order valence-electron chi connectivity index (χ3n) is 2.99. The first-order valence-corrected chi connectivity index (χ1v) is 6.71. The zero-order valence-electron chi connectivity index (χ0n) is 10.6. The Bertz CT molecular complexity index is 210. The van der Waals surface area contributed by atoms with Crippen LogP contribution in [0.5, 0.6) is 0 Å². The van der Waals surface area contributed by atoms with Crippen molar-refractivity contribution in [2.45, 2.75) is 26.7 Å². The van der Waals surface area contributed by atoms with E-state index in [-0.39, 0.29) is 0 Å². The standard InChI is InChI=1S/C12H25N3S/c1-11(2)10-15-8-6-14(7-9-15)5-3-4-12(13)16/h11H,3-10H2,1-2H3,(H2,13,16). The molecular weight excluding hydrogens is 218 g/mol. The molecule has 0 saturated carbocycles. The predicted molar refractivity (Wildman–Crippen MR) is 73.7 cm³/mol. The largest absolute Gasteiger partial charge is 0.393 e. The van der Waals surface area contributed by atoms with Crippen LogP contribution < -0.4 is 5.73 Å². The van der Waals surface area contributed by atoms with Crippen LogP contribution >= 0.6 is 12.2 Å². The minimum Gasteiger partial charge on any atom is -0.393 e. The molecule has 16 heavy (non-hydrogen) atoms. The minimum absolute atomic E-state index is 0.651. The highest BCUT2D eigenvalue weighted by atomic mass is 32.1. The SMILES string of the molecule is CC(C)CN1CCN(CCCC(N)=S)CC1. The van der Waals surface area contributed by atoms with E-state index in [2.05, 4.69) is 23.6 Å². The van der Waals surface area contributed by atoms with Crippen molar-refractivity contribution in [2.24, 2.45) is 11.7 Å². The summed E-state index contributed by atoms with van der Waals surface area (Å²) in [4.78, 5) is 5.74. The summed E-state index contributed by atoms with van der Waals surface area (Å²) < 4.78 is 0. The van der Waals surface area contributed by atoms with Gasteiger partial charge in [0.1, 0.15) is 0 Å². The van der Waals surface area contributed by atoms with Gasteiger partial charge in [0.15, 0.2) is 0 Å². The van der Waals surface area contributed by atoms with Gasteiger partial charge in [-0.25, -0.2) is 0 Å². The normalized spacial score (nSPS) is 19.2. The molecule has 0 bridgehead atoms. The Morgan fingerprint density at radius 1 is 1.19 bits per heavy atom. The van der Waals surface area contributed by atoms with E-state index in [4.69, 9.17) is 18.0 Å². The third-order valence-corrected chi connectivity index (χ3v) is 3.19. The lowest BCUT2D eigenvalue weighted by molar-refractivity contribution is 0.122. The average molecular weight is 243 g/mol. The second-order valence-corrected chi connectivity index (χ2v) is 5.63. The molecule has 0 aliphatic carbocycles. The molecule has 4 heteroatoms. The van der Waals surface area contributed by atoms with E-state index in [1.54, 1.807) is 0 Å². The number of piperazine rings is 1. The van der Waals surface area contributed by atoms with Gasteiger partial charge in [0.2, 0.25) is 0 Å². The second-order valence-electron chi connectivity index (χ2n) is 5.11. The van der Waals surface area contributed by atoms with E-state index < -0.39 is 0 Å². The number of nitrogens with two attached hydrogens (primary N) is 1. The quantitative estimate of drug-likeness (QED) is 0.713. The van der Waals surface area contributed by atoms with Gasteiger partial charge in [-0.05, 0) is 25.3 Å². The van der Waals surface area contributed by atoms with Gasteiger partial charge in [0.05, 0.1) is 4.99 Å². The first kappa shape index (κ1) is 13.9. The van der Waals surface area contributed by atoms with Gasteiger partial charge >= 0.3 is 0 Å². The molecule has 0 spiro atoms.